The Bertz CT molecular complexity index is 23.7. The summed E-state index contributed by atoms with van der Waals surface area (Å²) in [5.41, 5.74) is 0. The van der Waals surface area contributed by atoms with Gasteiger partial charge in [-0.2, -0.15) is 0 Å². The van der Waals surface area contributed by atoms with Gasteiger partial charge in [0, 0.05) is 0 Å². The Hall–Kier alpha value is 0.645. The topological polar surface area (TPSA) is 0 Å². The van der Waals surface area contributed by atoms with Crippen LogP contribution in [0, 0.1) is 5.92 Å². The molecule has 0 aliphatic heterocycles. The third-order valence-electron chi connectivity index (χ3n) is 0.471. The minimum absolute atomic E-state index is 0. The standard InChI is InChI=1S/C4H9B.2ClH/c1-4(2)3-5;;/h4H,3H2,1-2H3;2*1H/q+2;;/p-2. The van der Waals surface area contributed by atoms with Crippen molar-refractivity contribution >= 4 is 7.85 Å². The molecule has 0 N–H and O–H groups in total. The first kappa shape index (κ1) is 15.6. The van der Waals surface area contributed by atoms with Crippen LogP contribution in [0.1, 0.15) is 13.8 Å². The van der Waals surface area contributed by atoms with E-state index < -0.39 is 0 Å². The SMILES string of the molecule is [B+2]CC(C)C.[Cl-].[Cl-]. The van der Waals surface area contributed by atoms with Crippen molar-refractivity contribution in [2.75, 3.05) is 0 Å². The van der Waals surface area contributed by atoms with Crippen molar-refractivity contribution in [2.45, 2.75) is 20.2 Å². The Kier molecular flexibility index (Phi) is 21.9. The van der Waals surface area contributed by atoms with Gasteiger partial charge in [-0.3, -0.25) is 0 Å². The van der Waals surface area contributed by atoms with Crippen LogP contribution in [0.25, 0.3) is 0 Å². The van der Waals surface area contributed by atoms with E-state index in [4.69, 9.17) is 7.85 Å². The fourth-order valence-electron chi connectivity index (χ4n) is 0. The summed E-state index contributed by atoms with van der Waals surface area (Å²) in [5, 5.41) is 0. The molecule has 7 heavy (non-hydrogen) atoms. The van der Waals surface area contributed by atoms with Crippen LogP contribution in [0.5, 0.6) is 0 Å². The van der Waals surface area contributed by atoms with Gasteiger partial charge >= 0.3 is 33.9 Å². The van der Waals surface area contributed by atoms with Crippen molar-refractivity contribution in [1.29, 1.82) is 0 Å². The van der Waals surface area contributed by atoms with Gasteiger partial charge in [-0.1, -0.05) is 0 Å². The Morgan fingerprint density at radius 1 is 1.29 bits per heavy atom. The van der Waals surface area contributed by atoms with Crippen LogP contribution in [-0.2, 0) is 0 Å². The van der Waals surface area contributed by atoms with Crippen LogP contribution in [0.3, 0.4) is 0 Å². The Balaban J connectivity index is -0.0000000800. The fourth-order valence-corrected chi connectivity index (χ4v) is 0. The second-order valence-corrected chi connectivity index (χ2v) is 1.63. The molecule has 0 saturated heterocycles. The molecular formula is C4H9BCl2. The van der Waals surface area contributed by atoms with Crippen LogP contribution in [0.4, 0.5) is 0 Å². The predicted molar refractivity (Wildman–Crippen MR) is 25.4 cm³/mol. The zero-order valence-corrected chi connectivity index (χ0v) is 6.13. The molecule has 0 heterocycles. The van der Waals surface area contributed by atoms with Crippen LogP contribution in [0.15, 0.2) is 0 Å². The first-order valence-electron chi connectivity index (χ1n) is 1.97. The molecule has 0 aromatic rings. The summed E-state index contributed by atoms with van der Waals surface area (Å²) >= 11 is 0. The van der Waals surface area contributed by atoms with E-state index in [-0.39, 0.29) is 24.8 Å². The van der Waals surface area contributed by atoms with E-state index in [0.29, 0.717) is 5.92 Å². The Morgan fingerprint density at radius 2 is 1.43 bits per heavy atom. The normalized spacial score (nSPS) is 7.00. The van der Waals surface area contributed by atoms with Gasteiger partial charge in [0.15, 0.2) is 0 Å². The van der Waals surface area contributed by atoms with Crippen molar-refractivity contribution in [1.82, 2.24) is 0 Å². The summed E-state index contributed by atoms with van der Waals surface area (Å²) < 4.78 is 0. The van der Waals surface area contributed by atoms with Gasteiger partial charge in [0.05, 0.1) is 0 Å². The maximum absolute atomic E-state index is 5.17. The molecule has 0 saturated carbocycles. The molecular weight excluding hydrogens is 130 g/mol. The molecule has 0 fully saturated rings. The molecule has 0 radical (unpaired) electrons. The van der Waals surface area contributed by atoms with E-state index >= 15 is 0 Å². The monoisotopic (exact) mass is 138 g/mol. The van der Waals surface area contributed by atoms with Gasteiger partial charge in [-0.25, -0.2) is 0 Å². The maximum Gasteiger partial charge on any atom is -1.00 e. The molecule has 0 spiro atoms. The van der Waals surface area contributed by atoms with Gasteiger partial charge in [0.1, 0.15) is 0 Å². The first-order chi connectivity index (χ1) is 2.27. The molecule has 0 atom stereocenters. The summed E-state index contributed by atoms with van der Waals surface area (Å²) in [6.45, 7) is 4.19. The molecule has 0 aromatic heterocycles. The van der Waals surface area contributed by atoms with E-state index in [1.807, 2.05) is 0 Å². The van der Waals surface area contributed by atoms with Gasteiger partial charge in [0.25, 0.3) is 0 Å². The van der Waals surface area contributed by atoms with Gasteiger partial charge in [-0.05, 0) is 0 Å². The van der Waals surface area contributed by atoms with Crippen molar-refractivity contribution < 1.29 is 24.8 Å². The van der Waals surface area contributed by atoms with Gasteiger partial charge in [-0.15, -0.1) is 0 Å². The first-order valence-corrected chi connectivity index (χ1v) is 1.97. The van der Waals surface area contributed by atoms with Crippen molar-refractivity contribution in [3.8, 4) is 0 Å². The van der Waals surface area contributed by atoms with E-state index in [9.17, 15) is 0 Å². The summed E-state index contributed by atoms with van der Waals surface area (Å²) in [4.78, 5) is 0. The molecule has 0 amide bonds. The number of hydrogen-bond donors (Lipinski definition) is 0. The number of halogens is 2. The molecule has 0 unspecified atom stereocenters. The second kappa shape index (κ2) is 9.81. The summed E-state index contributed by atoms with van der Waals surface area (Å²) in [5.74, 6) is 0.662. The van der Waals surface area contributed by atoms with Crippen molar-refractivity contribution in [2.24, 2.45) is 5.92 Å². The molecule has 0 rings (SSSR count). The predicted octanol–water partition coefficient (Wildman–Crippen LogP) is -4.76. The molecule has 0 aromatic carbocycles. The third kappa shape index (κ3) is 20.5. The van der Waals surface area contributed by atoms with E-state index in [1.54, 1.807) is 0 Å². The van der Waals surface area contributed by atoms with Crippen molar-refractivity contribution in [3.63, 3.8) is 0 Å². The number of rotatable bonds is 1. The molecule has 0 aliphatic carbocycles. The largest absolute Gasteiger partial charge is 1.00 e. The van der Waals surface area contributed by atoms with E-state index in [0.717, 1.165) is 6.32 Å². The summed E-state index contributed by atoms with van der Waals surface area (Å²) in [6, 6.07) is 0. The Morgan fingerprint density at radius 3 is 1.43 bits per heavy atom. The minimum atomic E-state index is 0. The van der Waals surface area contributed by atoms with Crippen LogP contribution >= 0.6 is 0 Å². The number of hydrogen-bond acceptors (Lipinski definition) is 0. The van der Waals surface area contributed by atoms with Crippen LogP contribution in [-0.4, -0.2) is 7.85 Å². The van der Waals surface area contributed by atoms with E-state index in [1.165, 1.54) is 0 Å². The van der Waals surface area contributed by atoms with Gasteiger partial charge in [0.2, 0.25) is 0 Å². The molecule has 0 nitrogen and oxygen atoms in total. The van der Waals surface area contributed by atoms with Crippen molar-refractivity contribution in [3.05, 3.63) is 0 Å². The average molecular weight is 139 g/mol. The zero-order chi connectivity index (χ0) is 4.28. The molecule has 3 heteroatoms. The summed E-state index contributed by atoms with van der Waals surface area (Å²) in [7, 11) is 5.17. The molecule has 0 aliphatic rings. The maximum atomic E-state index is 5.17. The smallest absolute Gasteiger partial charge is 1.00 e. The minimum Gasteiger partial charge on any atom is -1.00 e. The van der Waals surface area contributed by atoms with Gasteiger partial charge < -0.3 is 24.8 Å². The average Bonchev–Trinajstić information content (AvgIpc) is 1.38. The van der Waals surface area contributed by atoms with E-state index in [2.05, 4.69) is 13.8 Å². The van der Waals surface area contributed by atoms with Crippen LogP contribution < -0.4 is 24.8 Å². The second-order valence-electron chi connectivity index (χ2n) is 1.63. The molecule has 42 valence electrons. The summed E-state index contributed by atoms with van der Waals surface area (Å²) in [6.07, 6.45) is 0.806. The zero-order valence-electron chi connectivity index (χ0n) is 4.62. The fraction of sp³-hybridized carbons (Fsp3) is 1.00. The quantitative estimate of drug-likeness (QED) is 0.320. The molecule has 0 bridgehead atoms. The Labute approximate surface area is 59.3 Å². The van der Waals surface area contributed by atoms with Crippen LogP contribution in [0.2, 0.25) is 6.32 Å². The third-order valence-corrected chi connectivity index (χ3v) is 0.471.